The van der Waals surface area contributed by atoms with Crippen molar-refractivity contribution in [1.82, 2.24) is 0 Å². The van der Waals surface area contributed by atoms with E-state index in [0.717, 1.165) is 19.3 Å². The maximum atomic E-state index is 12.4. The van der Waals surface area contributed by atoms with Crippen LogP contribution in [-0.4, -0.2) is 32.6 Å². The Morgan fingerprint density at radius 1 is 0.923 bits per heavy atom. The third kappa shape index (κ3) is 3.87. The lowest BCUT2D eigenvalue weighted by Crippen LogP contribution is -2.15. The van der Waals surface area contributed by atoms with Gasteiger partial charge in [0.2, 0.25) is 5.78 Å². The molecule has 0 aromatic heterocycles. The summed E-state index contributed by atoms with van der Waals surface area (Å²) in [7, 11) is 3.02. The summed E-state index contributed by atoms with van der Waals surface area (Å²) in [5, 5.41) is 0. The van der Waals surface area contributed by atoms with Gasteiger partial charge in [-0.2, -0.15) is 0 Å². The number of esters is 1. The van der Waals surface area contributed by atoms with Gasteiger partial charge >= 0.3 is 5.97 Å². The zero-order valence-electron chi connectivity index (χ0n) is 15.0. The molecule has 1 aliphatic rings. The second-order valence-corrected chi connectivity index (χ2v) is 6.26. The number of hydrogen-bond acceptors (Lipinski definition) is 5. The van der Waals surface area contributed by atoms with Crippen LogP contribution in [0.1, 0.15) is 44.7 Å². The van der Waals surface area contributed by atoms with E-state index in [4.69, 9.17) is 14.2 Å². The Morgan fingerprint density at radius 2 is 1.69 bits per heavy atom. The minimum atomic E-state index is -0.487. The molecule has 0 aliphatic heterocycles. The highest BCUT2D eigenvalue weighted by Crippen LogP contribution is 2.25. The molecule has 0 unspecified atom stereocenters. The number of carbonyl (C=O) groups is 2. The third-order valence-corrected chi connectivity index (χ3v) is 4.63. The summed E-state index contributed by atoms with van der Waals surface area (Å²) in [6.07, 6.45) is 4.37. The lowest BCUT2D eigenvalue weighted by Gasteiger charge is -2.16. The Hall–Kier alpha value is -2.82. The maximum Gasteiger partial charge on any atom is 0.338 e. The molecule has 26 heavy (non-hydrogen) atoms. The molecule has 0 atom stereocenters. The second-order valence-electron chi connectivity index (χ2n) is 6.26. The third-order valence-electron chi connectivity index (χ3n) is 4.63. The molecular weight excluding hydrogens is 332 g/mol. The summed E-state index contributed by atoms with van der Waals surface area (Å²) >= 11 is 0. The van der Waals surface area contributed by atoms with Crippen molar-refractivity contribution in [3.05, 3.63) is 58.7 Å². The fraction of sp³-hybridized carbons (Fsp3) is 0.333. The number of ketones is 1. The minimum absolute atomic E-state index is 0.323. The number of hydrogen-bond donors (Lipinski definition) is 0. The number of Topliss-reactive ketones (excluding diaryl/α,β-unsaturated/α-hetero) is 1. The van der Waals surface area contributed by atoms with Crippen LogP contribution in [0.3, 0.4) is 0 Å². The Kier molecular flexibility index (Phi) is 5.56. The highest BCUT2D eigenvalue weighted by molar-refractivity contribution is 6.01. The molecule has 0 heterocycles. The molecule has 5 nitrogen and oxygen atoms in total. The number of ether oxygens (including phenoxy) is 3. The largest absolute Gasteiger partial charge is 0.497 e. The van der Waals surface area contributed by atoms with E-state index >= 15 is 0 Å². The van der Waals surface area contributed by atoms with Gasteiger partial charge in [-0.3, -0.25) is 4.79 Å². The molecule has 5 heteroatoms. The summed E-state index contributed by atoms with van der Waals surface area (Å²) < 4.78 is 15.6. The van der Waals surface area contributed by atoms with E-state index in [1.165, 1.54) is 31.8 Å². The van der Waals surface area contributed by atoms with Crippen molar-refractivity contribution < 1.29 is 23.8 Å². The van der Waals surface area contributed by atoms with E-state index < -0.39 is 5.97 Å². The number of fused-ring (bicyclic) bond motifs is 1. The van der Waals surface area contributed by atoms with Gasteiger partial charge in [-0.1, -0.05) is 6.07 Å². The quantitative estimate of drug-likeness (QED) is 0.586. The summed E-state index contributed by atoms with van der Waals surface area (Å²) in [6, 6.07) is 10.5. The van der Waals surface area contributed by atoms with Crippen molar-refractivity contribution in [2.75, 3.05) is 20.8 Å². The molecule has 0 spiro atoms. The van der Waals surface area contributed by atoms with E-state index in [1.54, 1.807) is 24.3 Å². The van der Waals surface area contributed by atoms with Gasteiger partial charge < -0.3 is 14.2 Å². The Labute approximate surface area is 152 Å². The minimum Gasteiger partial charge on any atom is -0.497 e. The van der Waals surface area contributed by atoms with Gasteiger partial charge in [0.25, 0.3) is 0 Å². The van der Waals surface area contributed by atoms with Crippen molar-refractivity contribution in [3.63, 3.8) is 0 Å². The van der Waals surface area contributed by atoms with Gasteiger partial charge in [0.1, 0.15) is 11.5 Å². The zero-order chi connectivity index (χ0) is 18.5. The van der Waals surface area contributed by atoms with Crippen LogP contribution in [0.2, 0.25) is 0 Å². The van der Waals surface area contributed by atoms with Crippen molar-refractivity contribution in [3.8, 4) is 11.5 Å². The molecule has 136 valence electrons. The highest BCUT2D eigenvalue weighted by Gasteiger charge is 2.18. The fourth-order valence-electron chi connectivity index (χ4n) is 3.18. The first-order chi connectivity index (χ1) is 12.6. The number of carbonyl (C=O) groups excluding carboxylic acids is 2. The van der Waals surface area contributed by atoms with Crippen LogP contribution in [0.5, 0.6) is 11.5 Å². The summed E-state index contributed by atoms with van der Waals surface area (Å²) in [4.78, 5) is 24.7. The van der Waals surface area contributed by atoms with Crippen LogP contribution >= 0.6 is 0 Å². The smallest absolute Gasteiger partial charge is 0.338 e. The Balaban J connectivity index is 1.67. The predicted molar refractivity (Wildman–Crippen MR) is 97.2 cm³/mol. The number of aryl methyl sites for hydroxylation is 2. The van der Waals surface area contributed by atoms with E-state index in [1.807, 2.05) is 12.1 Å². The SMILES string of the molecule is COc1ccc(C(=O)COC(=O)c2ccc3c(c2)CCCC3)c(OC)c1. The van der Waals surface area contributed by atoms with Crippen molar-refractivity contribution in [1.29, 1.82) is 0 Å². The van der Waals surface area contributed by atoms with Gasteiger partial charge in [0.05, 0.1) is 25.3 Å². The van der Waals surface area contributed by atoms with E-state index in [-0.39, 0.29) is 12.4 Å². The normalized spacial score (nSPS) is 12.8. The molecule has 1 aliphatic carbocycles. The Morgan fingerprint density at radius 3 is 2.42 bits per heavy atom. The van der Waals surface area contributed by atoms with Crippen molar-refractivity contribution in [2.24, 2.45) is 0 Å². The average Bonchev–Trinajstić information content (AvgIpc) is 2.70. The van der Waals surface area contributed by atoms with Gasteiger partial charge in [-0.15, -0.1) is 0 Å². The summed E-state index contributed by atoms with van der Waals surface area (Å²) in [6.45, 7) is -0.335. The molecule has 0 radical (unpaired) electrons. The van der Waals surface area contributed by atoms with Crippen LogP contribution in [0.4, 0.5) is 0 Å². The molecule has 0 saturated carbocycles. The molecule has 2 aromatic rings. The maximum absolute atomic E-state index is 12.4. The van der Waals surface area contributed by atoms with Crippen LogP contribution < -0.4 is 9.47 Å². The van der Waals surface area contributed by atoms with Crippen molar-refractivity contribution in [2.45, 2.75) is 25.7 Å². The average molecular weight is 354 g/mol. The number of benzene rings is 2. The lowest BCUT2D eigenvalue weighted by atomic mass is 9.90. The van der Waals surface area contributed by atoms with Crippen molar-refractivity contribution >= 4 is 11.8 Å². The second kappa shape index (κ2) is 8.04. The molecule has 3 rings (SSSR count). The molecule has 0 saturated heterocycles. The standard InChI is InChI=1S/C21H22O5/c1-24-17-9-10-18(20(12-17)25-2)19(22)13-26-21(23)16-8-7-14-5-3-4-6-15(14)11-16/h7-12H,3-6,13H2,1-2H3. The van der Waals surface area contributed by atoms with Crippen LogP contribution in [0, 0.1) is 0 Å². The van der Waals surface area contributed by atoms with Gasteiger partial charge in [0.15, 0.2) is 6.61 Å². The number of methoxy groups -OCH3 is 2. The molecule has 0 N–H and O–H groups in total. The molecular formula is C21H22O5. The first-order valence-electron chi connectivity index (χ1n) is 8.66. The molecule has 2 aromatic carbocycles. The van der Waals surface area contributed by atoms with Crippen LogP contribution in [-0.2, 0) is 17.6 Å². The highest BCUT2D eigenvalue weighted by atomic mass is 16.5. The van der Waals surface area contributed by atoms with Crippen LogP contribution in [0.25, 0.3) is 0 Å². The number of rotatable bonds is 6. The van der Waals surface area contributed by atoms with E-state index in [0.29, 0.717) is 22.6 Å². The van der Waals surface area contributed by atoms with E-state index in [9.17, 15) is 9.59 Å². The predicted octanol–water partition coefficient (Wildman–Crippen LogP) is 3.62. The fourth-order valence-corrected chi connectivity index (χ4v) is 3.18. The molecule has 0 amide bonds. The first-order valence-corrected chi connectivity index (χ1v) is 8.66. The lowest BCUT2D eigenvalue weighted by molar-refractivity contribution is 0.0473. The monoisotopic (exact) mass is 354 g/mol. The van der Waals surface area contributed by atoms with Crippen LogP contribution in [0.15, 0.2) is 36.4 Å². The molecule has 0 bridgehead atoms. The van der Waals surface area contributed by atoms with Gasteiger partial charge in [-0.05, 0) is 61.1 Å². The Bertz CT molecular complexity index is 825. The molecule has 0 fully saturated rings. The van der Waals surface area contributed by atoms with Gasteiger partial charge in [-0.25, -0.2) is 4.79 Å². The summed E-state index contributed by atoms with van der Waals surface area (Å²) in [5.74, 6) is 0.165. The summed E-state index contributed by atoms with van der Waals surface area (Å²) in [5.41, 5.74) is 3.34. The van der Waals surface area contributed by atoms with Gasteiger partial charge in [0, 0.05) is 6.07 Å². The topological polar surface area (TPSA) is 61.8 Å². The zero-order valence-corrected chi connectivity index (χ0v) is 15.0. The first kappa shape index (κ1) is 18.0. The van der Waals surface area contributed by atoms with E-state index in [2.05, 4.69) is 0 Å².